The number of amides is 2. The van der Waals surface area contributed by atoms with Gasteiger partial charge in [-0.2, -0.15) is 0 Å². The van der Waals surface area contributed by atoms with Gasteiger partial charge in [0.2, 0.25) is 5.91 Å². The van der Waals surface area contributed by atoms with E-state index in [9.17, 15) is 9.59 Å². The monoisotopic (exact) mass is 433 g/mol. The predicted octanol–water partition coefficient (Wildman–Crippen LogP) is 4.53. The number of carbonyl (C=O) groups is 2. The smallest absolute Gasteiger partial charge is 0.271 e. The van der Waals surface area contributed by atoms with Crippen molar-refractivity contribution in [3.8, 4) is 0 Å². The van der Waals surface area contributed by atoms with Crippen LogP contribution in [0.3, 0.4) is 0 Å². The average molecular weight is 434 g/mol. The number of aromatic nitrogens is 1. The molecule has 1 saturated carbocycles. The Hall–Kier alpha value is -3.02. The van der Waals surface area contributed by atoms with Gasteiger partial charge in [0.25, 0.3) is 5.91 Å². The number of benzene rings is 1. The van der Waals surface area contributed by atoms with Gasteiger partial charge in [-0.25, -0.2) is 0 Å². The van der Waals surface area contributed by atoms with Crippen molar-refractivity contribution >= 4 is 22.9 Å². The van der Waals surface area contributed by atoms with E-state index in [1.54, 1.807) is 17.2 Å². The number of nitrogens with zero attached hydrogens (tertiary/aromatic N) is 2. The summed E-state index contributed by atoms with van der Waals surface area (Å²) in [6, 6.07) is 14.2. The zero-order chi connectivity index (χ0) is 22.1. The third kappa shape index (κ3) is 3.72. The SMILES string of the molecule is CC1(C(=O)NC2CCCCC2)Cn2c(cc3occc32)C(=O)N1CCCc1ccccc1. The lowest BCUT2D eigenvalue weighted by atomic mass is 9.91. The molecule has 168 valence electrons. The third-order valence-electron chi connectivity index (χ3n) is 7.17. The molecule has 2 aliphatic rings. The van der Waals surface area contributed by atoms with Gasteiger partial charge >= 0.3 is 0 Å². The third-order valence-corrected chi connectivity index (χ3v) is 7.17. The Morgan fingerprint density at radius 2 is 1.94 bits per heavy atom. The molecule has 1 fully saturated rings. The molecule has 2 aromatic heterocycles. The second-order valence-corrected chi connectivity index (χ2v) is 9.41. The minimum absolute atomic E-state index is 0.0477. The molecule has 6 nitrogen and oxygen atoms in total. The molecule has 1 atom stereocenters. The highest BCUT2D eigenvalue weighted by Gasteiger charge is 2.48. The van der Waals surface area contributed by atoms with Gasteiger partial charge in [-0.1, -0.05) is 49.6 Å². The second kappa shape index (κ2) is 8.49. The van der Waals surface area contributed by atoms with Crippen molar-refractivity contribution in [1.29, 1.82) is 0 Å². The van der Waals surface area contributed by atoms with Crippen molar-refractivity contribution in [2.24, 2.45) is 0 Å². The molecular formula is C26H31N3O3. The molecule has 1 aromatic carbocycles. The summed E-state index contributed by atoms with van der Waals surface area (Å²) in [6.45, 7) is 2.89. The first kappa shape index (κ1) is 20.9. The number of hydrogen-bond donors (Lipinski definition) is 1. The predicted molar refractivity (Wildman–Crippen MR) is 123 cm³/mol. The highest BCUT2D eigenvalue weighted by Crippen LogP contribution is 2.33. The summed E-state index contributed by atoms with van der Waals surface area (Å²) in [7, 11) is 0. The fraction of sp³-hybridized carbons (Fsp3) is 0.462. The number of furan rings is 1. The standard InChI is InChI=1S/C26H31N3O3/c1-26(25(31)27-20-12-6-3-7-13-20)18-28-21-14-16-32-23(21)17-22(28)24(30)29(26)15-8-11-19-9-4-2-5-10-19/h2,4-5,9-10,14,16-17,20H,3,6-8,11-13,15,18H2,1H3,(H,27,31). The maximum absolute atomic E-state index is 13.6. The molecule has 2 amide bonds. The van der Waals surface area contributed by atoms with Crippen LogP contribution in [0, 0.1) is 0 Å². The number of hydrogen-bond acceptors (Lipinski definition) is 3. The van der Waals surface area contributed by atoms with Gasteiger partial charge in [0, 0.05) is 24.7 Å². The molecule has 1 aliphatic heterocycles. The summed E-state index contributed by atoms with van der Waals surface area (Å²) in [5, 5.41) is 3.28. The molecule has 0 spiro atoms. The van der Waals surface area contributed by atoms with Crippen LogP contribution < -0.4 is 5.32 Å². The van der Waals surface area contributed by atoms with E-state index in [2.05, 4.69) is 17.4 Å². The zero-order valence-corrected chi connectivity index (χ0v) is 18.7. The molecule has 1 unspecified atom stereocenters. The Balaban J connectivity index is 1.42. The van der Waals surface area contributed by atoms with Crippen molar-refractivity contribution in [3.63, 3.8) is 0 Å². The molecule has 0 bridgehead atoms. The van der Waals surface area contributed by atoms with Gasteiger partial charge in [-0.05, 0) is 38.2 Å². The van der Waals surface area contributed by atoms with E-state index in [1.807, 2.05) is 35.8 Å². The van der Waals surface area contributed by atoms with E-state index >= 15 is 0 Å². The van der Waals surface area contributed by atoms with Crippen molar-refractivity contribution in [2.75, 3.05) is 6.54 Å². The van der Waals surface area contributed by atoms with Crippen molar-refractivity contribution < 1.29 is 14.0 Å². The average Bonchev–Trinajstić information content (AvgIpc) is 3.40. The lowest BCUT2D eigenvalue weighted by Gasteiger charge is -2.45. The van der Waals surface area contributed by atoms with Crippen LogP contribution in [0.2, 0.25) is 0 Å². The van der Waals surface area contributed by atoms with Crippen LogP contribution in [0.25, 0.3) is 11.1 Å². The van der Waals surface area contributed by atoms with Gasteiger partial charge in [-0.15, -0.1) is 0 Å². The van der Waals surface area contributed by atoms with Gasteiger partial charge in [0.15, 0.2) is 5.58 Å². The van der Waals surface area contributed by atoms with Crippen LogP contribution in [-0.2, 0) is 17.8 Å². The van der Waals surface area contributed by atoms with Crippen LogP contribution in [-0.4, -0.2) is 39.4 Å². The summed E-state index contributed by atoms with van der Waals surface area (Å²) >= 11 is 0. The minimum atomic E-state index is -0.943. The lowest BCUT2D eigenvalue weighted by molar-refractivity contribution is -0.133. The Morgan fingerprint density at radius 3 is 2.72 bits per heavy atom. The molecule has 0 radical (unpaired) electrons. The quantitative estimate of drug-likeness (QED) is 0.621. The number of fused-ring (bicyclic) bond motifs is 3. The molecule has 3 heterocycles. The first-order valence-corrected chi connectivity index (χ1v) is 11.8. The largest absolute Gasteiger partial charge is 0.463 e. The van der Waals surface area contributed by atoms with Crippen molar-refractivity contribution in [2.45, 2.75) is 70.0 Å². The zero-order valence-electron chi connectivity index (χ0n) is 18.7. The number of nitrogens with one attached hydrogen (secondary N) is 1. The second-order valence-electron chi connectivity index (χ2n) is 9.41. The van der Waals surface area contributed by atoms with E-state index < -0.39 is 5.54 Å². The molecule has 1 aliphatic carbocycles. The Labute approximate surface area is 188 Å². The van der Waals surface area contributed by atoms with Gasteiger partial charge in [0.05, 0.1) is 18.3 Å². The summed E-state index contributed by atoms with van der Waals surface area (Å²) in [5.74, 6) is -0.148. The topological polar surface area (TPSA) is 67.5 Å². The first-order chi connectivity index (χ1) is 15.6. The van der Waals surface area contributed by atoms with Crippen molar-refractivity contribution in [3.05, 3.63) is 60.0 Å². The molecule has 1 N–H and O–H groups in total. The fourth-order valence-electron chi connectivity index (χ4n) is 5.30. The van der Waals surface area contributed by atoms with Gasteiger partial charge < -0.3 is 19.2 Å². The number of rotatable bonds is 6. The molecule has 3 aromatic rings. The van der Waals surface area contributed by atoms with E-state index in [1.165, 1.54) is 12.0 Å². The Morgan fingerprint density at radius 1 is 1.16 bits per heavy atom. The van der Waals surface area contributed by atoms with E-state index in [0.29, 0.717) is 24.4 Å². The first-order valence-electron chi connectivity index (χ1n) is 11.8. The normalized spacial score (nSPS) is 21.7. The molecule has 32 heavy (non-hydrogen) atoms. The van der Waals surface area contributed by atoms with Crippen LogP contribution >= 0.6 is 0 Å². The minimum Gasteiger partial charge on any atom is -0.463 e. The van der Waals surface area contributed by atoms with Crippen LogP contribution in [0.15, 0.2) is 53.1 Å². The summed E-state index contributed by atoms with van der Waals surface area (Å²) in [4.78, 5) is 29.1. The maximum atomic E-state index is 13.6. The summed E-state index contributed by atoms with van der Waals surface area (Å²) in [6.07, 6.45) is 8.88. The van der Waals surface area contributed by atoms with Crippen LogP contribution in [0.1, 0.15) is 61.5 Å². The fourth-order valence-corrected chi connectivity index (χ4v) is 5.30. The highest BCUT2D eigenvalue weighted by molar-refractivity contribution is 6.02. The van der Waals surface area contributed by atoms with Gasteiger partial charge in [-0.3, -0.25) is 9.59 Å². The Bertz CT molecular complexity index is 1110. The van der Waals surface area contributed by atoms with Gasteiger partial charge in [0.1, 0.15) is 11.2 Å². The molecule has 5 rings (SSSR count). The summed E-state index contributed by atoms with van der Waals surface area (Å²) < 4.78 is 7.50. The molecular weight excluding hydrogens is 402 g/mol. The Kier molecular flexibility index (Phi) is 5.53. The maximum Gasteiger partial charge on any atom is 0.271 e. The lowest BCUT2D eigenvalue weighted by Crippen LogP contribution is -2.65. The van der Waals surface area contributed by atoms with E-state index in [4.69, 9.17) is 4.42 Å². The van der Waals surface area contributed by atoms with E-state index in [0.717, 1.165) is 44.0 Å². The molecule has 6 heteroatoms. The number of carbonyl (C=O) groups excluding carboxylic acids is 2. The number of aryl methyl sites for hydroxylation is 1. The van der Waals surface area contributed by atoms with E-state index in [-0.39, 0.29) is 17.9 Å². The molecule has 0 saturated heterocycles. The van der Waals surface area contributed by atoms with Crippen LogP contribution in [0.4, 0.5) is 0 Å². The summed E-state index contributed by atoms with van der Waals surface area (Å²) in [5.41, 5.74) is 2.46. The highest BCUT2D eigenvalue weighted by atomic mass is 16.3. The van der Waals surface area contributed by atoms with Crippen molar-refractivity contribution in [1.82, 2.24) is 14.8 Å². The van der Waals surface area contributed by atoms with Crippen LogP contribution in [0.5, 0.6) is 0 Å².